The van der Waals surface area contributed by atoms with E-state index in [0.29, 0.717) is 23.9 Å². The highest BCUT2D eigenvalue weighted by Gasteiger charge is 2.30. The lowest BCUT2D eigenvalue weighted by Gasteiger charge is -2.29. The summed E-state index contributed by atoms with van der Waals surface area (Å²) in [6.07, 6.45) is 5.69. The van der Waals surface area contributed by atoms with Crippen molar-refractivity contribution in [3.8, 4) is 0 Å². The Kier molecular flexibility index (Phi) is 8.88. The van der Waals surface area contributed by atoms with Gasteiger partial charge in [-0.15, -0.1) is 0 Å². The summed E-state index contributed by atoms with van der Waals surface area (Å²) in [7, 11) is 0. The molecule has 0 spiro atoms. The van der Waals surface area contributed by atoms with E-state index >= 15 is 0 Å². The third kappa shape index (κ3) is 6.48. The summed E-state index contributed by atoms with van der Waals surface area (Å²) in [5, 5.41) is 27.2. The number of rotatable bonds is 12. The van der Waals surface area contributed by atoms with E-state index in [0.717, 1.165) is 43.7 Å². The van der Waals surface area contributed by atoms with Crippen LogP contribution in [0.25, 0.3) is 0 Å². The summed E-state index contributed by atoms with van der Waals surface area (Å²) in [5.41, 5.74) is 6.89. The zero-order chi connectivity index (χ0) is 24.7. The average Bonchev–Trinajstić information content (AvgIpc) is 3.26. The molecule has 1 aromatic heterocycles. The molecule has 34 heavy (non-hydrogen) atoms. The van der Waals surface area contributed by atoms with Gasteiger partial charge in [0.15, 0.2) is 0 Å². The number of hydrogen-bond donors (Lipinski definition) is 4. The van der Waals surface area contributed by atoms with Gasteiger partial charge in [0, 0.05) is 30.1 Å². The van der Waals surface area contributed by atoms with Crippen LogP contribution in [0.15, 0.2) is 24.3 Å². The van der Waals surface area contributed by atoms with Crippen LogP contribution in [0.2, 0.25) is 0 Å². The summed E-state index contributed by atoms with van der Waals surface area (Å²) >= 11 is 1.62. The number of benzene rings is 1. The maximum atomic E-state index is 11.7. The lowest BCUT2D eigenvalue weighted by Crippen LogP contribution is -2.50. The number of carboxylic acid groups (broad SMARTS) is 1. The molecule has 11 nitrogen and oxygen atoms in total. The largest absolute Gasteiger partial charge is 0.480 e. The summed E-state index contributed by atoms with van der Waals surface area (Å²) in [6.45, 7) is 2.80. The van der Waals surface area contributed by atoms with Crippen molar-refractivity contribution in [1.29, 1.82) is 0 Å². The molecule has 12 heteroatoms. The number of hydrogen-bond acceptors (Lipinski definition) is 10. The van der Waals surface area contributed by atoms with Crippen molar-refractivity contribution >= 4 is 46.6 Å². The monoisotopic (exact) mass is 489 g/mol. The van der Waals surface area contributed by atoms with Gasteiger partial charge in [-0.1, -0.05) is 13.3 Å². The zero-order valence-electron chi connectivity index (χ0n) is 19.4. The number of nitrogens with one attached hydrogen (secondary N) is 2. The van der Waals surface area contributed by atoms with Gasteiger partial charge in [-0.05, 0) is 49.8 Å². The van der Waals surface area contributed by atoms with Gasteiger partial charge >= 0.3 is 5.97 Å². The first-order chi connectivity index (χ1) is 16.3. The van der Waals surface area contributed by atoms with Gasteiger partial charge in [0.2, 0.25) is 5.95 Å². The number of aromatic nitrogens is 2. The number of anilines is 4. The molecule has 2 heterocycles. The van der Waals surface area contributed by atoms with Crippen molar-refractivity contribution < 1.29 is 14.8 Å². The van der Waals surface area contributed by atoms with Crippen molar-refractivity contribution in [3.05, 3.63) is 40.1 Å². The highest BCUT2D eigenvalue weighted by atomic mass is 32.2. The first kappa shape index (κ1) is 25.5. The first-order valence-electron chi connectivity index (χ1n) is 11.3. The Morgan fingerprint density at radius 2 is 2.21 bits per heavy atom. The van der Waals surface area contributed by atoms with Crippen LogP contribution >= 0.6 is 11.8 Å². The quantitative estimate of drug-likeness (QED) is 0.196. The van der Waals surface area contributed by atoms with Gasteiger partial charge in [0.1, 0.15) is 17.5 Å². The second-order valence-electron chi connectivity index (χ2n) is 8.14. The molecule has 1 unspecified atom stereocenters. The van der Waals surface area contributed by atoms with Gasteiger partial charge in [-0.25, -0.2) is 4.98 Å². The predicted octanol–water partition coefficient (Wildman–Crippen LogP) is 3.39. The normalized spacial score (nSPS) is 16.4. The summed E-state index contributed by atoms with van der Waals surface area (Å²) < 4.78 is 0. The number of nitrogen functional groups attached to an aromatic ring is 1. The van der Waals surface area contributed by atoms with Crippen LogP contribution in [0.4, 0.5) is 28.8 Å². The first-order valence-corrected chi connectivity index (χ1v) is 12.6. The molecule has 1 aliphatic rings. The molecule has 0 aliphatic carbocycles. The Bertz CT molecular complexity index is 1020. The molecule has 3 rings (SSSR count). The molecule has 184 valence electrons. The molecule has 0 bridgehead atoms. The van der Waals surface area contributed by atoms with Gasteiger partial charge in [-0.3, -0.25) is 20.2 Å². The molecule has 2 atom stereocenters. The molecule has 1 saturated heterocycles. The molecule has 0 radical (unpaired) electrons. The van der Waals surface area contributed by atoms with Gasteiger partial charge in [-0.2, -0.15) is 16.7 Å². The standard InChI is InChI=1S/C22H31N7O4S/c1-3-5-14-13-20(28-10-4-6-19(28)26-17(21(30)31)9-11-34-2)27-22(24-14)25-15-7-8-16(23)18(12-15)29(32)33/h7-8,12-13,17,19,26H,3-6,9-11,23H2,1-2H3,(H,30,31)(H,24,25,27)/t17?,19-/m0/s1. The highest BCUT2D eigenvalue weighted by molar-refractivity contribution is 7.98. The van der Waals surface area contributed by atoms with E-state index in [2.05, 4.69) is 32.4 Å². The van der Waals surface area contributed by atoms with E-state index in [1.807, 2.05) is 12.3 Å². The predicted molar refractivity (Wildman–Crippen MR) is 135 cm³/mol. The number of carbonyl (C=O) groups is 1. The highest BCUT2D eigenvalue weighted by Crippen LogP contribution is 2.29. The minimum atomic E-state index is -0.859. The van der Waals surface area contributed by atoms with Gasteiger partial charge in [0.25, 0.3) is 5.69 Å². The van der Waals surface area contributed by atoms with Crippen molar-refractivity contribution in [1.82, 2.24) is 15.3 Å². The molecule has 1 aliphatic heterocycles. The summed E-state index contributed by atoms with van der Waals surface area (Å²) in [5.74, 6) is 0.910. The van der Waals surface area contributed by atoms with E-state index in [1.165, 1.54) is 12.1 Å². The van der Waals surface area contributed by atoms with Crippen LogP contribution in [0.3, 0.4) is 0 Å². The Balaban J connectivity index is 1.87. The SMILES string of the molecule is CCCc1cc(N2CCC[C@H]2NC(CCSC)C(=O)O)nc(Nc2ccc(N)c([N+](=O)[O-])c2)n1. The fourth-order valence-electron chi connectivity index (χ4n) is 3.94. The van der Waals surface area contributed by atoms with Crippen LogP contribution in [0, 0.1) is 10.1 Å². The molecule has 5 N–H and O–H groups in total. The number of nitro groups is 1. The number of thioether (sulfide) groups is 1. The van der Waals surface area contributed by atoms with Crippen LogP contribution < -0.4 is 21.3 Å². The van der Waals surface area contributed by atoms with Crippen molar-refractivity contribution in [2.24, 2.45) is 0 Å². The second-order valence-corrected chi connectivity index (χ2v) is 9.12. The van der Waals surface area contributed by atoms with Crippen LogP contribution in [-0.4, -0.2) is 56.7 Å². The number of nitrogens with two attached hydrogens (primary N) is 1. The minimum Gasteiger partial charge on any atom is -0.480 e. The maximum absolute atomic E-state index is 11.7. The number of aliphatic carboxylic acids is 1. The molecule has 0 amide bonds. The summed E-state index contributed by atoms with van der Waals surface area (Å²) in [6, 6.07) is 5.76. The molecule has 1 fully saturated rings. The van der Waals surface area contributed by atoms with E-state index in [1.54, 1.807) is 17.8 Å². The van der Waals surface area contributed by atoms with E-state index in [9.17, 15) is 20.0 Å². The Morgan fingerprint density at radius 1 is 1.41 bits per heavy atom. The molecular weight excluding hydrogens is 458 g/mol. The Hall–Kier alpha value is -3.12. The van der Waals surface area contributed by atoms with Crippen LogP contribution in [0.5, 0.6) is 0 Å². The third-order valence-corrected chi connectivity index (χ3v) is 6.25. The van der Waals surface area contributed by atoms with Crippen molar-refractivity contribution in [2.75, 3.05) is 34.5 Å². The molecular formula is C22H31N7O4S. The molecule has 2 aromatic rings. The van der Waals surface area contributed by atoms with Crippen LogP contribution in [-0.2, 0) is 11.2 Å². The number of aryl methyl sites for hydroxylation is 1. The number of nitro benzene ring substituents is 1. The van der Waals surface area contributed by atoms with Crippen LogP contribution in [0.1, 0.15) is 38.3 Å². The zero-order valence-corrected chi connectivity index (χ0v) is 20.2. The van der Waals surface area contributed by atoms with E-state index in [4.69, 9.17) is 5.73 Å². The average molecular weight is 490 g/mol. The fourth-order valence-corrected chi connectivity index (χ4v) is 4.41. The number of nitrogens with zero attached hydrogens (tertiary/aromatic N) is 4. The van der Waals surface area contributed by atoms with Gasteiger partial charge < -0.3 is 21.1 Å². The smallest absolute Gasteiger partial charge is 0.320 e. The minimum absolute atomic E-state index is 0.0809. The van der Waals surface area contributed by atoms with Crippen molar-refractivity contribution in [2.45, 2.75) is 51.2 Å². The number of carboxylic acids is 1. The lowest BCUT2D eigenvalue weighted by atomic mass is 10.2. The fraction of sp³-hybridized carbons (Fsp3) is 0.500. The van der Waals surface area contributed by atoms with E-state index < -0.39 is 16.9 Å². The lowest BCUT2D eigenvalue weighted by molar-refractivity contribution is -0.383. The van der Waals surface area contributed by atoms with E-state index in [-0.39, 0.29) is 17.5 Å². The Morgan fingerprint density at radius 3 is 2.88 bits per heavy atom. The summed E-state index contributed by atoms with van der Waals surface area (Å²) in [4.78, 5) is 33.8. The third-order valence-electron chi connectivity index (χ3n) is 5.60. The topological polar surface area (TPSA) is 160 Å². The van der Waals surface area contributed by atoms with Gasteiger partial charge in [0.05, 0.1) is 11.1 Å². The Labute approximate surface area is 202 Å². The van der Waals surface area contributed by atoms with Crippen molar-refractivity contribution in [3.63, 3.8) is 0 Å². The second kappa shape index (κ2) is 11.8. The molecule has 1 aromatic carbocycles. The maximum Gasteiger partial charge on any atom is 0.320 e. The molecule has 0 saturated carbocycles.